The molecule has 512 valence electrons. The van der Waals surface area contributed by atoms with E-state index in [4.69, 9.17) is 19.9 Å². The number of nitrogens with zero attached hydrogens (tertiary/aromatic N) is 3. The molecule has 1 aliphatic rings. The third kappa shape index (κ3) is 22.5. The Kier molecular flexibility index (Phi) is 27.7. The largest absolute Gasteiger partial charge is 0.463 e. The first kappa shape index (κ1) is 76.6. The number of urea groups is 1. The highest BCUT2D eigenvalue weighted by Gasteiger charge is 2.46. The molecule has 0 saturated carbocycles. The molecule has 1 heterocycles. The SMILES string of the molecule is CCOC(=O)/C(C)=C/[C@H](C(C)C)N(C)C(=O)[C@@H](NC(=O)[C@@H](N(C)C(=O)OC(C)(C)C)C(C)(C)c1cccc(CC(=O)OCc2ccc(CC(=O)[C@H](CCCNC(N)=O)NC(=O)[C@@H](CC(=O)CCC(=O)N3Cc4ccccc4C#Cc4ccccc43)C(C)C)cc2)c1)C(C)(C)C. The van der Waals surface area contributed by atoms with E-state index in [0.717, 1.165) is 11.1 Å². The number of carbonyl (C=O) groups excluding carboxylic acids is 10. The third-order valence-corrected chi connectivity index (χ3v) is 16.8. The maximum absolute atomic E-state index is 15.0. The minimum atomic E-state index is -1.27. The molecule has 0 bridgehead atoms. The number of anilines is 1. The predicted molar refractivity (Wildman–Crippen MR) is 365 cm³/mol. The molecule has 0 saturated heterocycles. The highest BCUT2D eigenvalue weighted by Crippen LogP contribution is 2.34. The first-order valence-electron chi connectivity index (χ1n) is 32.6. The van der Waals surface area contributed by atoms with Gasteiger partial charge in [0, 0.05) is 74.4 Å². The summed E-state index contributed by atoms with van der Waals surface area (Å²) < 4.78 is 16.7. The zero-order chi connectivity index (χ0) is 70.7. The number of likely N-dealkylation sites (N-methyl/N-ethyl adjacent to an activating group) is 2. The van der Waals surface area contributed by atoms with Gasteiger partial charge in [-0.3, -0.25) is 38.5 Å². The number of carbonyl (C=O) groups is 10. The lowest BCUT2D eigenvalue weighted by Crippen LogP contribution is -2.63. The molecule has 1 aliphatic heterocycles. The zero-order valence-electron chi connectivity index (χ0n) is 58.4. The molecular formula is C75H99N7O13. The number of ether oxygens (including phenoxy) is 3. The van der Waals surface area contributed by atoms with Gasteiger partial charge in [-0.05, 0) is 111 Å². The Labute approximate surface area is 561 Å². The van der Waals surface area contributed by atoms with Crippen LogP contribution in [-0.2, 0) is 84.0 Å². The average molecular weight is 1310 g/mol. The van der Waals surface area contributed by atoms with Crippen LogP contribution in [0, 0.1) is 35.0 Å². The fraction of sp³-hybridized carbons (Fsp3) is 0.493. The number of primary amides is 1. The van der Waals surface area contributed by atoms with Crippen molar-refractivity contribution in [1.82, 2.24) is 25.8 Å². The van der Waals surface area contributed by atoms with E-state index in [9.17, 15) is 43.2 Å². The Hall–Kier alpha value is -9.12. The van der Waals surface area contributed by atoms with Crippen LogP contribution in [0.1, 0.15) is 168 Å². The monoisotopic (exact) mass is 1310 g/mol. The van der Waals surface area contributed by atoms with Gasteiger partial charge in [0.05, 0.1) is 37.3 Å². The maximum atomic E-state index is 15.0. The van der Waals surface area contributed by atoms with Crippen LogP contribution in [0.2, 0.25) is 0 Å². The molecule has 4 aromatic carbocycles. The summed E-state index contributed by atoms with van der Waals surface area (Å²) in [6.07, 6.45) is 0.805. The number of hydrogen-bond donors (Lipinski definition) is 4. The van der Waals surface area contributed by atoms with Crippen molar-refractivity contribution < 1.29 is 62.2 Å². The summed E-state index contributed by atoms with van der Waals surface area (Å²) in [6, 6.07) is 24.3. The minimum Gasteiger partial charge on any atom is -0.463 e. The van der Waals surface area contributed by atoms with Crippen molar-refractivity contribution in [2.45, 2.75) is 190 Å². The molecule has 7 amide bonds. The molecule has 0 unspecified atom stereocenters. The van der Waals surface area contributed by atoms with Crippen LogP contribution in [0.15, 0.2) is 109 Å². The van der Waals surface area contributed by atoms with E-state index >= 15 is 4.79 Å². The fourth-order valence-corrected chi connectivity index (χ4v) is 11.3. The minimum absolute atomic E-state index is 0.0805. The van der Waals surface area contributed by atoms with E-state index < -0.39 is 88.3 Å². The van der Waals surface area contributed by atoms with E-state index in [-0.39, 0.29) is 94.1 Å². The summed E-state index contributed by atoms with van der Waals surface area (Å²) in [5.74, 6) is 1.68. The predicted octanol–water partition coefficient (Wildman–Crippen LogP) is 10.0. The van der Waals surface area contributed by atoms with Crippen LogP contribution in [-0.4, -0.2) is 126 Å². The number of amides is 7. The van der Waals surface area contributed by atoms with Gasteiger partial charge in [-0.15, -0.1) is 0 Å². The van der Waals surface area contributed by atoms with Crippen LogP contribution in [0.3, 0.4) is 0 Å². The van der Waals surface area contributed by atoms with E-state index in [1.807, 2.05) is 97.0 Å². The number of nitrogens with one attached hydrogen (secondary N) is 3. The van der Waals surface area contributed by atoms with E-state index in [1.54, 1.807) is 115 Å². The molecule has 5 atom stereocenters. The molecule has 0 radical (unpaired) electrons. The molecule has 0 aromatic heterocycles. The number of fused-ring (bicyclic) bond motifs is 2. The topological polar surface area (TPSA) is 270 Å². The van der Waals surface area contributed by atoms with Gasteiger partial charge in [0.2, 0.25) is 23.6 Å². The maximum Gasteiger partial charge on any atom is 0.410 e. The Morgan fingerprint density at radius 3 is 1.96 bits per heavy atom. The second-order valence-electron chi connectivity index (χ2n) is 27.8. The Morgan fingerprint density at radius 2 is 1.34 bits per heavy atom. The number of rotatable bonds is 30. The Balaban J connectivity index is 1.25. The average Bonchev–Trinajstić information content (AvgIpc) is 0.779. The number of esters is 2. The summed E-state index contributed by atoms with van der Waals surface area (Å²) in [7, 11) is 3.09. The van der Waals surface area contributed by atoms with Crippen molar-refractivity contribution in [3.8, 4) is 11.8 Å². The summed E-state index contributed by atoms with van der Waals surface area (Å²) >= 11 is 0. The van der Waals surface area contributed by atoms with Crippen LogP contribution < -0.4 is 26.6 Å². The lowest BCUT2D eigenvalue weighted by molar-refractivity contribution is -0.144. The molecule has 5 rings (SSSR count). The first-order valence-corrected chi connectivity index (χ1v) is 32.6. The van der Waals surface area contributed by atoms with Crippen LogP contribution in [0.4, 0.5) is 15.3 Å². The lowest BCUT2D eigenvalue weighted by atomic mass is 9.75. The summed E-state index contributed by atoms with van der Waals surface area (Å²) in [4.78, 5) is 142. The van der Waals surface area contributed by atoms with Crippen molar-refractivity contribution in [3.05, 3.63) is 148 Å². The number of para-hydroxylation sites is 1. The third-order valence-electron chi connectivity index (χ3n) is 16.8. The van der Waals surface area contributed by atoms with Crippen LogP contribution in [0.25, 0.3) is 0 Å². The highest BCUT2D eigenvalue weighted by molar-refractivity contribution is 5.98. The second-order valence-corrected chi connectivity index (χ2v) is 27.8. The molecule has 0 fully saturated rings. The highest BCUT2D eigenvalue weighted by atomic mass is 16.6. The molecule has 5 N–H and O–H groups in total. The van der Waals surface area contributed by atoms with Crippen molar-refractivity contribution in [3.63, 3.8) is 0 Å². The van der Waals surface area contributed by atoms with E-state index in [1.165, 1.54) is 16.8 Å². The first-order chi connectivity index (χ1) is 44.5. The molecule has 0 aliphatic carbocycles. The Bertz CT molecular complexity index is 3510. The van der Waals surface area contributed by atoms with Crippen molar-refractivity contribution in [2.24, 2.45) is 28.9 Å². The molecule has 0 spiro atoms. The van der Waals surface area contributed by atoms with Gasteiger partial charge in [0.25, 0.3) is 0 Å². The fourth-order valence-electron chi connectivity index (χ4n) is 11.3. The summed E-state index contributed by atoms with van der Waals surface area (Å²) in [5.41, 5.74) is 8.12. The quantitative estimate of drug-likeness (QED) is 0.0125. The van der Waals surface area contributed by atoms with Gasteiger partial charge in [-0.1, -0.05) is 159 Å². The van der Waals surface area contributed by atoms with Gasteiger partial charge < -0.3 is 45.7 Å². The van der Waals surface area contributed by atoms with Gasteiger partial charge in [-0.2, -0.15) is 0 Å². The molecule has 20 nitrogen and oxygen atoms in total. The molecule has 4 aromatic rings. The summed E-state index contributed by atoms with van der Waals surface area (Å²) in [6.45, 7) is 25.5. The smallest absolute Gasteiger partial charge is 0.410 e. The van der Waals surface area contributed by atoms with Crippen molar-refractivity contribution in [2.75, 3.05) is 32.1 Å². The van der Waals surface area contributed by atoms with Crippen molar-refractivity contribution >= 4 is 64.9 Å². The number of benzene rings is 4. The number of hydrogen-bond acceptors (Lipinski definition) is 13. The van der Waals surface area contributed by atoms with E-state index in [2.05, 4.69) is 27.8 Å². The number of Topliss-reactive ketones (excluding diaryl/α,β-unsaturated/α-hetero) is 2. The molecule has 20 heteroatoms. The van der Waals surface area contributed by atoms with Gasteiger partial charge >= 0.3 is 24.1 Å². The molecule has 95 heavy (non-hydrogen) atoms. The lowest BCUT2D eigenvalue weighted by Gasteiger charge is -2.42. The Morgan fingerprint density at radius 1 is 0.705 bits per heavy atom. The second kappa shape index (κ2) is 34.3. The van der Waals surface area contributed by atoms with E-state index in [0.29, 0.717) is 45.5 Å². The van der Waals surface area contributed by atoms with Crippen molar-refractivity contribution in [1.29, 1.82) is 0 Å². The standard InChI is InChI=1S/C75H99N7O13/c1-17-93-70(90)49(6)40-61(48(4)5)80(15)69(89)65(73(7,8)9)79-68(88)66(81(16)72(92)95-74(10,11)12)75(13,14)56-28-22-24-52(41-56)43-64(86)94-46-51-33-31-50(32-34-51)42-62(84)59(29-23-39-77-71(76)91)78-67(87)58(47(2)3)44-57(83)37-38-63(85)82-45-55-27-19-18-25-53(55)35-36-54-26-20-21-30-60(54)82/h18-22,24-28,30-34,40-41,47-48,58-59,61,65-66H,17,23,29,37-39,42-46H2,1-16H3,(H,78,87)(H,79,88)(H3,76,77,91)/b49-40+/t58-,59-,61+,65+,66+/m0/s1. The number of nitrogens with two attached hydrogens (primary N) is 1. The normalized spacial score (nSPS) is 13.9. The summed E-state index contributed by atoms with van der Waals surface area (Å²) in [5, 5.41) is 8.44. The van der Waals surface area contributed by atoms with Crippen LogP contribution >= 0.6 is 0 Å². The van der Waals surface area contributed by atoms with Gasteiger partial charge in [0.1, 0.15) is 30.1 Å². The van der Waals surface area contributed by atoms with Gasteiger partial charge in [-0.25, -0.2) is 14.4 Å². The van der Waals surface area contributed by atoms with Crippen LogP contribution in [0.5, 0.6) is 0 Å². The molecular weight excluding hydrogens is 1210 g/mol. The zero-order valence-corrected chi connectivity index (χ0v) is 58.4. The number of ketones is 2. The van der Waals surface area contributed by atoms with Gasteiger partial charge in [0.15, 0.2) is 5.78 Å².